The third-order valence-corrected chi connectivity index (χ3v) is 6.08. The molecule has 0 fully saturated rings. The Labute approximate surface area is 196 Å². The van der Waals surface area contributed by atoms with Gasteiger partial charge in [0.05, 0.1) is 5.39 Å². The summed E-state index contributed by atoms with van der Waals surface area (Å²) < 4.78 is 14.0. The summed E-state index contributed by atoms with van der Waals surface area (Å²) in [5.74, 6) is 2.18. The number of hydrogen-bond acceptors (Lipinski definition) is 5. The Balaban J connectivity index is 1.50. The van der Waals surface area contributed by atoms with Gasteiger partial charge in [0.25, 0.3) is 0 Å². The van der Waals surface area contributed by atoms with Crippen LogP contribution in [0.15, 0.2) is 89.6 Å². The highest BCUT2D eigenvalue weighted by Gasteiger charge is 2.22. The molecule has 0 saturated carbocycles. The second-order valence-corrected chi connectivity index (χ2v) is 8.25. The van der Waals surface area contributed by atoms with Crippen molar-refractivity contribution in [2.45, 2.75) is 20.5 Å². The lowest BCUT2D eigenvalue weighted by Gasteiger charge is -2.08. The first-order valence-electron chi connectivity index (χ1n) is 11.2. The highest BCUT2D eigenvalue weighted by atomic mass is 16.5. The van der Waals surface area contributed by atoms with Gasteiger partial charge in [-0.15, -0.1) is 5.10 Å². The first kappa shape index (κ1) is 20.2. The summed E-state index contributed by atoms with van der Waals surface area (Å²) in [5.41, 5.74) is 6.49. The minimum Gasteiger partial charge on any atom is -0.485 e. The van der Waals surface area contributed by atoms with Crippen LogP contribution in [0, 0.1) is 13.8 Å². The van der Waals surface area contributed by atoms with Crippen molar-refractivity contribution >= 4 is 16.7 Å². The van der Waals surface area contributed by atoms with E-state index in [9.17, 15) is 0 Å². The van der Waals surface area contributed by atoms with Crippen LogP contribution in [-0.4, -0.2) is 19.6 Å². The predicted molar refractivity (Wildman–Crippen MR) is 132 cm³/mol. The Morgan fingerprint density at radius 3 is 2.35 bits per heavy atom. The Hall–Kier alpha value is -4.45. The minimum absolute atomic E-state index is 0.261. The van der Waals surface area contributed by atoms with Crippen LogP contribution in [0.4, 0.5) is 0 Å². The molecule has 0 radical (unpaired) electrons. The molecule has 6 nitrogen and oxygen atoms in total. The zero-order valence-corrected chi connectivity index (χ0v) is 18.9. The first-order valence-corrected chi connectivity index (χ1v) is 11.2. The monoisotopic (exact) mass is 446 g/mol. The number of benzene rings is 3. The number of rotatable bonds is 5. The number of aryl methyl sites for hydroxylation is 1. The van der Waals surface area contributed by atoms with Crippen LogP contribution < -0.4 is 4.74 Å². The zero-order valence-electron chi connectivity index (χ0n) is 18.9. The molecule has 166 valence electrons. The van der Waals surface area contributed by atoms with Gasteiger partial charge in [0, 0.05) is 11.1 Å². The summed E-state index contributed by atoms with van der Waals surface area (Å²) in [6.45, 7) is 4.39. The van der Waals surface area contributed by atoms with Gasteiger partial charge in [-0.1, -0.05) is 72.8 Å². The largest absolute Gasteiger partial charge is 0.485 e. The molecule has 0 N–H and O–H groups in total. The van der Waals surface area contributed by atoms with Crippen LogP contribution in [-0.2, 0) is 6.61 Å². The molecule has 3 heterocycles. The molecule has 0 aliphatic rings. The quantitative estimate of drug-likeness (QED) is 0.307. The Kier molecular flexibility index (Phi) is 4.84. The molecule has 0 saturated heterocycles. The van der Waals surface area contributed by atoms with Crippen LogP contribution in [0.5, 0.6) is 5.75 Å². The fourth-order valence-electron chi connectivity index (χ4n) is 4.20. The van der Waals surface area contributed by atoms with E-state index < -0.39 is 0 Å². The van der Waals surface area contributed by atoms with E-state index in [1.54, 1.807) is 10.8 Å². The van der Waals surface area contributed by atoms with Crippen LogP contribution in [0.2, 0.25) is 0 Å². The molecule has 3 aromatic heterocycles. The van der Waals surface area contributed by atoms with Crippen LogP contribution in [0.1, 0.15) is 17.0 Å². The highest BCUT2D eigenvalue weighted by Crippen LogP contribution is 2.41. The van der Waals surface area contributed by atoms with Gasteiger partial charge in [-0.05, 0) is 36.6 Å². The Bertz CT molecular complexity index is 1620. The molecule has 6 heteroatoms. The summed E-state index contributed by atoms with van der Waals surface area (Å²) in [7, 11) is 0. The highest BCUT2D eigenvalue weighted by molar-refractivity contribution is 6.07. The van der Waals surface area contributed by atoms with Gasteiger partial charge in [0.15, 0.2) is 11.5 Å². The average molecular weight is 447 g/mol. The van der Waals surface area contributed by atoms with Crippen molar-refractivity contribution in [2.24, 2.45) is 0 Å². The van der Waals surface area contributed by atoms with E-state index in [4.69, 9.17) is 14.1 Å². The maximum absolute atomic E-state index is 6.29. The topological polar surface area (TPSA) is 65.5 Å². The minimum atomic E-state index is 0.261. The van der Waals surface area contributed by atoms with Gasteiger partial charge in [-0.25, -0.2) is 14.5 Å². The maximum atomic E-state index is 6.29. The first-order chi connectivity index (χ1) is 16.7. The molecule has 0 spiro atoms. The van der Waals surface area contributed by atoms with Crippen molar-refractivity contribution in [1.29, 1.82) is 0 Å². The van der Waals surface area contributed by atoms with Gasteiger partial charge in [-0.3, -0.25) is 0 Å². The van der Waals surface area contributed by atoms with Crippen molar-refractivity contribution < 1.29 is 9.15 Å². The number of furan rings is 1. The molecule has 0 bridgehead atoms. The molecule has 0 unspecified atom stereocenters. The van der Waals surface area contributed by atoms with Crippen molar-refractivity contribution in [3.8, 4) is 28.2 Å². The van der Waals surface area contributed by atoms with Crippen molar-refractivity contribution in [3.05, 3.63) is 102 Å². The van der Waals surface area contributed by atoms with Gasteiger partial charge < -0.3 is 9.15 Å². The van der Waals surface area contributed by atoms with Gasteiger partial charge in [0.2, 0.25) is 5.71 Å². The zero-order chi connectivity index (χ0) is 23.1. The maximum Gasteiger partial charge on any atom is 0.232 e. The van der Waals surface area contributed by atoms with E-state index in [0.29, 0.717) is 17.2 Å². The van der Waals surface area contributed by atoms with E-state index in [-0.39, 0.29) is 6.61 Å². The Morgan fingerprint density at radius 1 is 0.853 bits per heavy atom. The molecule has 0 atom stereocenters. The standard InChI is InChI=1S/C28H22N4O2/c1-18-10-9-15-22(19(18)2)33-16-23-30-27-25-24(20-11-5-3-6-12-20)26(21-13-7-4-8-14-21)34-28(25)29-17-32(27)31-23/h3-15,17H,16H2,1-2H3. The van der Waals surface area contributed by atoms with Gasteiger partial charge in [-0.2, -0.15) is 0 Å². The average Bonchev–Trinajstić information content (AvgIpc) is 3.47. The van der Waals surface area contributed by atoms with E-state index in [1.165, 1.54) is 5.56 Å². The molecule has 6 aromatic rings. The van der Waals surface area contributed by atoms with E-state index in [1.807, 2.05) is 60.7 Å². The summed E-state index contributed by atoms with van der Waals surface area (Å²) in [6, 6.07) is 26.3. The number of hydrogen-bond donors (Lipinski definition) is 0. The van der Waals surface area contributed by atoms with Crippen molar-refractivity contribution in [2.75, 3.05) is 0 Å². The SMILES string of the molecule is Cc1cccc(OCc2nc3c4c(-c5ccccc5)c(-c5ccccc5)oc4ncn3n2)c1C. The molecule has 0 amide bonds. The van der Waals surface area contributed by atoms with E-state index in [2.05, 4.69) is 42.1 Å². The van der Waals surface area contributed by atoms with E-state index in [0.717, 1.165) is 39.1 Å². The lowest BCUT2D eigenvalue weighted by atomic mass is 9.99. The molecule has 34 heavy (non-hydrogen) atoms. The van der Waals surface area contributed by atoms with Gasteiger partial charge in [0.1, 0.15) is 24.4 Å². The van der Waals surface area contributed by atoms with Crippen LogP contribution in [0.25, 0.3) is 39.2 Å². The molecule has 3 aromatic carbocycles. The van der Waals surface area contributed by atoms with Crippen LogP contribution in [0.3, 0.4) is 0 Å². The molecule has 0 aliphatic carbocycles. The number of aromatic nitrogens is 4. The van der Waals surface area contributed by atoms with Crippen molar-refractivity contribution in [1.82, 2.24) is 19.6 Å². The van der Waals surface area contributed by atoms with E-state index >= 15 is 0 Å². The molecule has 6 rings (SSSR count). The summed E-state index contributed by atoms with van der Waals surface area (Å²) in [5, 5.41) is 5.45. The van der Waals surface area contributed by atoms with Crippen molar-refractivity contribution in [3.63, 3.8) is 0 Å². The molecular formula is C28H22N4O2. The third-order valence-electron chi connectivity index (χ3n) is 6.08. The summed E-state index contributed by atoms with van der Waals surface area (Å²) in [4.78, 5) is 9.38. The molecular weight excluding hydrogens is 424 g/mol. The Morgan fingerprint density at radius 2 is 1.59 bits per heavy atom. The number of fused-ring (bicyclic) bond motifs is 3. The summed E-state index contributed by atoms with van der Waals surface area (Å²) >= 11 is 0. The lowest BCUT2D eigenvalue weighted by Crippen LogP contribution is -2.00. The fraction of sp³-hybridized carbons (Fsp3) is 0.107. The van der Waals surface area contributed by atoms with Crippen LogP contribution >= 0.6 is 0 Å². The third kappa shape index (κ3) is 3.40. The lowest BCUT2D eigenvalue weighted by molar-refractivity contribution is 0.294. The normalized spacial score (nSPS) is 11.4. The second-order valence-electron chi connectivity index (χ2n) is 8.25. The summed E-state index contributed by atoms with van der Waals surface area (Å²) in [6.07, 6.45) is 1.64. The second kappa shape index (κ2) is 8.15. The smallest absolute Gasteiger partial charge is 0.232 e. The predicted octanol–water partition coefficient (Wildman–Crippen LogP) is 6.40. The number of ether oxygens (including phenoxy) is 1. The fourth-order valence-corrected chi connectivity index (χ4v) is 4.20. The molecule has 0 aliphatic heterocycles. The number of nitrogens with zero attached hydrogens (tertiary/aromatic N) is 4. The van der Waals surface area contributed by atoms with Gasteiger partial charge >= 0.3 is 0 Å².